The molecule has 1 saturated heterocycles. The maximum absolute atomic E-state index is 14.0. The van der Waals surface area contributed by atoms with E-state index in [1.165, 1.54) is 11.1 Å². The van der Waals surface area contributed by atoms with E-state index >= 15 is 0 Å². The SMILES string of the molecule is O=C(Nc1ccc(C(F)(F)F)cc1F)N1[C@@H]2CC[C@H]1c1ccnc(F)c1C2. The van der Waals surface area contributed by atoms with Crippen LogP contribution in [0.2, 0.25) is 0 Å². The van der Waals surface area contributed by atoms with Crippen LogP contribution in [0.1, 0.15) is 35.6 Å². The Morgan fingerprint density at radius 2 is 1.96 bits per heavy atom. The molecule has 27 heavy (non-hydrogen) atoms. The minimum atomic E-state index is -4.67. The first-order chi connectivity index (χ1) is 12.8. The molecule has 2 aliphatic rings. The first kappa shape index (κ1) is 17.7. The van der Waals surface area contributed by atoms with Crippen molar-refractivity contribution in [2.45, 2.75) is 37.5 Å². The van der Waals surface area contributed by atoms with Gasteiger partial charge in [-0.05, 0) is 49.1 Å². The van der Waals surface area contributed by atoms with Crippen molar-refractivity contribution in [2.75, 3.05) is 5.32 Å². The first-order valence-electron chi connectivity index (χ1n) is 8.35. The Bertz CT molecular complexity index is 914. The number of aromatic nitrogens is 1. The third-order valence-corrected chi connectivity index (χ3v) is 5.11. The van der Waals surface area contributed by atoms with E-state index in [-0.39, 0.29) is 17.8 Å². The third kappa shape index (κ3) is 3.00. The molecule has 0 aliphatic carbocycles. The van der Waals surface area contributed by atoms with E-state index in [9.17, 15) is 26.7 Å². The normalized spacial score (nSPS) is 21.1. The number of halogens is 5. The molecular formula is C18H14F5N3O. The van der Waals surface area contributed by atoms with Crippen molar-refractivity contribution in [3.05, 3.63) is 58.9 Å². The molecule has 0 unspecified atom stereocenters. The van der Waals surface area contributed by atoms with Gasteiger partial charge in [0.05, 0.1) is 17.3 Å². The highest BCUT2D eigenvalue weighted by Gasteiger charge is 2.44. The number of rotatable bonds is 1. The summed E-state index contributed by atoms with van der Waals surface area (Å²) >= 11 is 0. The molecule has 9 heteroatoms. The maximum Gasteiger partial charge on any atom is 0.416 e. The largest absolute Gasteiger partial charge is 0.416 e. The zero-order valence-electron chi connectivity index (χ0n) is 13.9. The van der Waals surface area contributed by atoms with Crippen LogP contribution in [-0.4, -0.2) is 22.0 Å². The van der Waals surface area contributed by atoms with Crippen LogP contribution in [-0.2, 0) is 12.6 Å². The maximum atomic E-state index is 14.0. The molecule has 4 rings (SSSR count). The summed E-state index contributed by atoms with van der Waals surface area (Å²) in [7, 11) is 0. The van der Waals surface area contributed by atoms with Gasteiger partial charge in [0.25, 0.3) is 0 Å². The molecule has 4 nitrogen and oxygen atoms in total. The number of nitrogens with one attached hydrogen (secondary N) is 1. The molecule has 2 atom stereocenters. The molecule has 0 spiro atoms. The van der Waals surface area contributed by atoms with Crippen LogP contribution in [0, 0.1) is 11.8 Å². The van der Waals surface area contributed by atoms with E-state index < -0.39 is 29.5 Å². The molecule has 1 N–H and O–H groups in total. The Hall–Kier alpha value is -2.71. The number of alkyl halides is 3. The van der Waals surface area contributed by atoms with E-state index in [1.54, 1.807) is 6.07 Å². The Morgan fingerprint density at radius 1 is 1.19 bits per heavy atom. The van der Waals surface area contributed by atoms with Crippen LogP contribution in [0.4, 0.5) is 32.4 Å². The van der Waals surface area contributed by atoms with Gasteiger partial charge >= 0.3 is 12.2 Å². The van der Waals surface area contributed by atoms with Crippen molar-refractivity contribution in [1.82, 2.24) is 9.88 Å². The van der Waals surface area contributed by atoms with Crippen molar-refractivity contribution in [2.24, 2.45) is 0 Å². The summed E-state index contributed by atoms with van der Waals surface area (Å²) in [5.41, 5.74) is -0.318. The average Bonchev–Trinajstić information content (AvgIpc) is 2.92. The van der Waals surface area contributed by atoms with Crippen LogP contribution in [0.25, 0.3) is 0 Å². The molecule has 2 amide bonds. The van der Waals surface area contributed by atoms with Gasteiger partial charge in [-0.25, -0.2) is 14.2 Å². The van der Waals surface area contributed by atoms with Gasteiger partial charge in [0.1, 0.15) is 5.82 Å². The summed E-state index contributed by atoms with van der Waals surface area (Å²) in [5, 5.41) is 2.34. The fourth-order valence-corrected chi connectivity index (χ4v) is 3.90. The van der Waals surface area contributed by atoms with E-state index in [4.69, 9.17) is 0 Å². The predicted molar refractivity (Wildman–Crippen MR) is 85.9 cm³/mol. The number of anilines is 1. The van der Waals surface area contributed by atoms with E-state index in [0.717, 1.165) is 6.07 Å². The number of benzene rings is 1. The number of pyridine rings is 1. The highest BCUT2D eigenvalue weighted by Crippen LogP contribution is 2.44. The van der Waals surface area contributed by atoms with E-state index in [0.29, 0.717) is 42.5 Å². The zero-order chi connectivity index (χ0) is 19.3. The molecule has 142 valence electrons. The summed E-state index contributed by atoms with van der Waals surface area (Å²) < 4.78 is 65.9. The molecular weight excluding hydrogens is 369 g/mol. The Kier molecular flexibility index (Phi) is 4.05. The van der Waals surface area contributed by atoms with Crippen molar-refractivity contribution in [3.8, 4) is 0 Å². The lowest BCUT2D eigenvalue weighted by molar-refractivity contribution is -0.137. The average molecular weight is 383 g/mol. The van der Waals surface area contributed by atoms with Crippen molar-refractivity contribution in [3.63, 3.8) is 0 Å². The van der Waals surface area contributed by atoms with Crippen LogP contribution in [0.15, 0.2) is 30.5 Å². The molecule has 1 aromatic carbocycles. The molecule has 2 aliphatic heterocycles. The summed E-state index contributed by atoms with van der Waals surface area (Å²) in [6, 6.07) is 2.34. The topological polar surface area (TPSA) is 45.2 Å². The van der Waals surface area contributed by atoms with Gasteiger partial charge in [0.2, 0.25) is 5.95 Å². The number of fused-ring (bicyclic) bond motifs is 4. The number of urea groups is 1. The monoisotopic (exact) mass is 383 g/mol. The quantitative estimate of drug-likeness (QED) is 0.575. The highest BCUT2D eigenvalue weighted by atomic mass is 19.4. The van der Waals surface area contributed by atoms with Gasteiger partial charge in [-0.1, -0.05) is 0 Å². The number of nitrogens with zero attached hydrogens (tertiary/aromatic N) is 2. The van der Waals surface area contributed by atoms with Crippen LogP contribution >= 0.6 is 0 Å². The minimum Gasteiger partial charge on any atom is -0.314 e. The zero-order valence-corrected chi connectivity index (χ0v) is 13.9. The van der Waals surface area contributed by atoms with Gasteiger partial charge in [0.15, 0.2) is 0 Å². The lowest BCUT2D eigenvalue weighted by atomic mass is 9.95. The second-order valence-corrected chi connectivity index (χ2v) is 6.65. The summed E-state index contributed by atoms with van der Waals surface area (Å²) in [4.78, 5) is 17.8. The standard InChI is InChI=1S/C18H14F5N3O/c19-13-7-9(18(21,22)23)1-3-14(13)25-17(27)26-10-2-4-15(26)11-5-6-24-16(20)12(11)8-10/h1,3,5-7,10,15H,2,4,8H2,(H,25,27)/t10-,15+/m1/s1. The van der Waals surface area contributed by atoms with Crippen LogP contribution in [0.5, 0.6) is 0 Å². The molecule has 1 fully saturated rings. The highest BCUT2D eigenvalue weighted by molar-refractivity contribution is 5.90. The molecule has 1 aromatic heterocycles. The van der Waals surface area contributed by atoms with Crippen molar-refractivity contribution < 1.29 is 26.7 Å². The Balaban J connectivity index is 1.58. The minimum absolute atomic E-state index is 0.265. The van der Waals surface area contributed by atoms with Gasteiger partial charge < -0.3 is 10.2 Å². The van der Waals surface area contributed by atoms with E-state index in [2.05, 4.69) is 10.3 Å². The van der Waals surface area contributed by atoms with Crippen LogP contribution in [0.3, 0.4) is 0 Å². The molecule has 0 radical (unpaired) electrons. The number of carbonyl (C=O) groups is 1. The van der Waals surface area contributed by atoms with Gasteiger partial charge in [0, 0.05) is 17.8 Å². The lowest BCUT2D eigenvalue weighted by Gasteiger charge is -2.36. The molecule has 3 heterocycles. The number of carbonyl (C=O) groups excluding carboxylic acids is 1. The van der Waals surface area contributed by atoms with Crippen molar-refractivity contribution in [1.29, 1.82) is 0 Å². The van der Waals surface area contributed by atoms with Crippen LogP contribution < -0.4 is 5.32 Å². The predicted octanol–water partition coefficient (Wildman–Crippen LogP) is 4.67. The van der Waals surface area contributed by atoms with Gasteiger partial charge in [-0.3, -0.25) is 0 Å². The molecule has 2 aromatic rings. The van der Waals surface area contributed by atoms with E-state index in [1.807, 2.05) is 0 Å². The second-order valence-electron chi connectivity index (χ2n) is 6.65. The van der Waals surface area contributed by atoms with Crippen molar-refractivity contribution >= 4 is 11.7 Å². The smallest absolute Gasteiger partial charge is 0.314 e. The summed E-state index contributed by atoms with van der Waals surface area (Å²) in [6.45, 7) is 0. The summed E-state index contributed by atoms with van der Waals surface area (Å²) in [6.07, 6.45) is -1.75. The number of hydrogen-bond acceptors (Lipinski definition) is 2. The summed E-state index contributed by atoms with van der Waals surface area (Å²) in [5.74, 6) is -1.73. The van der Waals surface area contributed by atoms with Gasteiger partial charge in [-0.15, -0.1) is 0 Å². The Labute approximate surface area is 151 Å². The molecule has 0 saturated carbocycles. The van der Waals surface area contributed by atoms with Gasteiger partial charge in [-0.2, -0.15) is 17.6 Å². The second kappa shape index (κ2) is 6.17. The lowest BCUT2D eigenvalue weighted by Crippen LogP contribution is -2.44. The Morgan fingerprint density at radius 3 is 2.67 bits per heavy atom. The molecule has 2 bridgehead atoms. The fraction of sp³-hybridized carbons (Fsp3) is 0.333. The first-order valence-corrected chi connectivity index (χ1v) is 8.35. The number of hydrogen-bond donors (Lipinski definition) is 1. The fourth-order valence-electron chi connectivity index (χ4n) is 3.90. The number of amides is 2. The third-order valence-electron chi connectivity index (χ3n) is 5.11.